The van der Waals surface area contributed by atoms with Crippen LogP contribution in [-0.4, -0.2) is 11.5 Å². The van der Waals surface area contributed by atoms with Gasteiger partial charge in [0.2, 0.25) is 0 Å². The van der Waals surface area contributed by atoms with Crippen molar-refractivity contribution in [2.24, 2.45) is 0 Å². The smallest absolute Gasteiger partial charge is 0.120 e. The second-order valence-corrected chi connectivity index (χ2v) is 6.48. The maximum absolute atomic E-state index is 5.98. The summed E-state index contributed by atoms with van der Waals surface area (Å²) in [6, 6.07) is 23.1. The number of benzene rings is 2. The Kier molecular flexibility index (Phi) is 4.49. The number of hydrogen-bond donors (Lipinski definition) is 1. The fourth-order valence-electron chi connectivity index (χ4n) is 3.36. The zero-order valence-electron chi connectivity index (χ0n) is 14.4. The molecule has 25 heavy (non-hydrogen) atoms. The Morgan fingerprint density at radius 1 is 1.04 bits per heavy atom. The molecular weight excluding hydrogens is 308 g/mol. The van der Waals surface area contributed by atoms with Gasteiger partial charge in [0, 0.05) is 12.2 Å². The van der Waals surface area contributed by atoms with E-state index < -0.39 is 0 Å². The molecule has 0 bridgehead atoms. The Labute approximate surface area is 148 Å². The quantitative estimate of drug-likeness (QED) is 0.778. The summed E-state index contributed by atoms with van der Waals surface area (Å²) in [6.07, 6.45) is 1.01. The molecule has 3 aromatic rings. The molecule has 1 aliphatic heterocycles. The van der Waals surface area contributed by atoms with Gasteiger partial charge in [-0.3, -0.25) is 4.98 Å². The lowest BCUT2D eigenvalue weighted by molar-refractivity contribution is 0.305. The third-order valence-electron chi connectivity index (χ3n) is 4.62. The Balaban J connectivity index is 1.56. The zero-order chi connectivity index (χ0) is 17.1. The third kappa shape index (κ3) is 3.57. The van der Waals surface area contributed by atoms with E-state index in [9.17, 15) is 0 Å². The first-order valence-electron chi connectivity index (χ1n) is 8.76. The standard InChI is InChI=1S/C22H22N2O/c1-16-6-5-9-21(24-16)22-20-11-10-19(14-18(20)12-13-23-22)25-15-17-7-3-2-4-8-17/h2-11,14,22-23H,12-13,15H2,1H3. The van der Waals surface area contributed by atoms with Gasteiger partial charge in [-0.25, -0.2) is 0 Å². The van der Waals surface area contributed by atoms with Crippen molar-refractivity contribution in [1.29, 1.82) is 0 Å². The van der Waals surface area contributed by atoms with Crippen molar-refractivity contribution >= 4 is 0 Å². The van der Waals surface area contributed by atoms with Gasteiger partial charge in [-0.1, -0.05) is 42.5 Å². The second kappa shape index (κ2) is 7.08. The zero-order valence-corrected chi connectivity index (χ0v) is 14.4. The molecule has 0 radical (unpaired) electrons. The van der Waals surface area contributed by atoms with Gasteiger partial charge in [-0.05, 0) is 54.3 Å². The number of rotatable bonds is 4. The molecule has 0 fully saturated rings. The Bertz CT molecular complexity index is 861. The molecule has 126 valence electrons. The number of nitrogens with one attached hydrogen (secondary N) is 1. The lowest BCUT2D eigenvalue weighted by atomic mass is 9.92. The molecule has 0 saturated carbocycles. The van der Waals surface area contributed by atoms with E-state index >= 15 is 0 Å². The number of aryl methyl sites for hydroxylation is 1. The fourth-order valence-corrected chi connectivity index (χ4v) is 3.36. The van der Waals surface area contributed by atoms with Crippen molar-refractivity contribution < 1.29 is 4.74 Å². The van der Waals surface area contributed by atoms with Gasteiger partial charge < -0.3 is 10.1 Å². The molecule has 1 aromatic heterocycles. The number of nitrogens with zero attached hydrogens (tertiary/aromatic N) is 1. The number of pyridine rings is 1. The van der Waals surface area contributed by atoms with Gasteiger partial charge in [0.15, 0.2) is 0 Å². The number of aromatic nitrogens is 1. The summed E-state index contributed by atoms with van der Waals surface area (Å²) >= 11 is 0. The van der Waals surface area contributed by atoms with E-state index in [4.69, 9.17) is 9.72 Å². The molecule has 0 spiro atoms. The number of ether oxygens (including phenoxy) is 1. The first-order valence-corrected chi connectivity index (χ1v) is 8.76. The van der Waals surface area contributed by atoms with Crippen molar-refractivity contribution in [3.05, 3.63) is 94.8 Å². The minimum Gasteiger partial charge on any atom is -0.489 e. The van der Waals surface area contributed by atoms with Crippen LogP contribution in [0.4, 0.5) is 0 Å². The van der Waals surface area contributed by atoms with E-state index in [1.54, 1.807) is 0 Å². The second-order valence-electron chi connectivity index (χ2n) is 6.48. The summed E-state index contributed by atoms with van der Waals surface area (Å²) in [6.45, 7) is 3.59. The van der Waals surface area contributed by atoms with Crippen molar-refractivity contribution in [3.63, 3.8) is 0 Å². The largest absolute Gasteiger partial charge is 0.489 e. The van der Waals surface area contributed by atoms with Crippen LogP contribution in [0.15, 0.2) is 66.7 Å². The molecule has 0 aliphatic carbocycles. The van der Waals surface area contributed by atoms with E-state index in [1.165, 1.54) is 16.7 Å². The van der Waals surface area contributed by atoms with E-state index in [1.807, 2.05) is 31.2 Å². The highest BCUT2D eigenvalue weighted by atomic mass is 16.5. The van der Waals surface area contributed by atoms with Crippen LogP contribution >= 0.6 is 0 Å². The summed E-state index contributed by atoms with van der Waals surface area (Å²) < 4.78 is 5.98. The molecule has 3 heteroatoms. The monoisotopic (exact) mass is 330 g/mol. The minimum atomic E-state index is 0.159. The summed E-state index contributed by atoms with van der Waals surface area (Å²) in [7, 11) is 0. The average molecular weight is 330 g/mol. The number of fused-ring (bicyclic) bond motifs is 1. The molecular formula is C22H22N2O. The van der Waals surface area contributed by atoms with Gasteiger partial charge in [-0.2, -0.15) is 0 Å². The molecule has 0 amide bonds. The van der Waals surface area contributed by atoms with Crippen LogP contribution < -0.4 is 10.1 Å². The first kappa shape index (κ1) is 15.9. The van der Waals surface area contributed by atoms with Crippen molar-refractivity contribution in [2.75, 3.05) is 6.54 Å². The summed E-state index contributed by atoms with van der Waals surface area (Å²) in [5, 5.41) is 3.59. The summed E-state index contributed by atoms with van der Waals surface area (Å²) in [5.74, 6) is 0.931. The van der Waals surface area contributed by atoms with E-state index in [2.05, 4.69) is 47.8 Å². The minimum absolute atomic E-state index is 0.159. The van der Waals surface area contributed by atoms with Crippen LogP contribution in [0, 0.1) is 6.92 Å². The van der Waals surface area contributed by atoms with E-state index in [-0.39, 0.29) is 6.04 Å². The Hall–Kier alpha value is -2.65. The van der Waals surface area contributed by atoms with Crippen LogP contribution in [0.2, 0.25) is 0 Å². The molecule has 1 unspecified atom stereocenters. The third-order valence-corrected chi connectivity index (χ3v) is 4.62. The fraction of sp³-hybridized carbons (Fsp3) is 0.227. The highest BCUT2D eigenvalue weighted by Crippen LogP contribution is 2.30. The van der Waals surface area contributed by atoms with Gasteiger partial charge in [0.05, 0.1) is 11.7 Å². The Morgan fingerprint density at radius 3 is 2.76 bits per heavy atom. The molecule has 4 rings (SSSR count). The number of hydrogen-bond acceptors (Lipinski definition) is 3. The molecule has 3 nitrogen and oxygen atoms in total. The van der Waals surface area contributed by atoms with Gasteiger partial charge in [0.25, 0.3) is 0 Å². The van der Waals surface area contributed by atoms with E-state index in [0.717, 1.165) is 30.1 Å². The van der Waals surface area contributed by atoms with Crippen LogP contribution in [0.3, 0.4) is 0 Å². The highest BCUT2D eigenvalue weighted by Gasteiger charge is 2.22. The molecule has 2 aromatic carbocycles. The predicted molar refractivity (Wildman–Crippen MR) is 99.7 cm³/mol. The Morgan fingerprint density at radius 2 is 1.92 bits per heavy atom. The summed E-state index contributed by atoms with van der Waals surface area (Å²) in [4.78, 5) is 4.70. The highest BCUT2D eigenvalue weighted by molar-refractivity contribution is 5.42. The first-order chi connectivity index (χ1) is 12.3. The van der Waals surface area contributed by atoms with Gasteiger partial charge >= 0.3 is 0 Å². The lowest BCUT2D eigenvalue weighted by Crippen LogP contribution is -2.31. The van der Waals surface area contributed by atoms with Gasteiger partial charge in [-0.15, -0.1) is 0 Å². The van der Waals surface area contributed by atoms with E-state index in [0.29, 0.717) is 6.61 Å². The van der Waals surface area contributed by atoms with Crippen molar-refractivity contribution in [3.8, 4) is 5.75 Å². The van der Waals surface area contributed by atoms with Crippen LogP contribution in [0.5, 0.6) is 5.75 Å². The lowest BCUT2D eigenvalue weighted by Gasteiger charge is -2.27. The normalized spacial score (nSPS) is 16.3. The van der Waals surface area contributed by atoms with Gasteiger partial charge in [0.1, 0.15) is 12.4 Å². The maximum atomic E-state index is 5.98. The molecule has 0 saturated heterocycles. The molecule has 1 N–H and O–H groups in total. The molecule has 2 heterocycles. The van der Waals surface area contributed by atoms with Crippen molar-refractivity contribution in [1.82, 2.24) is 10.3 Å². The predicted octanol–water partition coefficient (Wildman–Crippen LogP) is 4.20. The average Bonchev–Trinajstić information content (AvgIpc) is 2.66. The topological polar surface area (TPSA) is 34.1 Å². The van der Waals surface area contributed by atoms with Crippen LogP contribution in [-0.2, 0) is 13.0 Å². The SMILES string of the molecule is Cc1cccc(C2NCCc3cc(OCc4ccccc4)ccc32)n1. The van der Waals surface area contributed by atoms with Crippen molar-refractivity contribution in [2.45, 2.75) is 26.0 Å². The van der Waals surface area contributed by atoms with Crippen LogP contribution in [0.1, 0.15) is 34.1 Å². The maximum Gasteiger partial charge on any atom is 0.120 e. The molecule has 1 aliphatic rings. The summed E-state index contributed by atoms with van der Waals surface area (Å²) in [5.41, 5.74) is 5.96. The molecule has 1 atom stereocenters. The van der Waals surface area contributed by atoms with Crippen LogP contribution in [0.25, 0.3) is 0 Å².